The van der Waals surface area contributed by atoms with Crippen molar-refractivity contribution in [3.8, 4) is 0 Å². The highest BCUT2D eigenvalue weighted by molar-refractivity contribution is 6.29. The third-order valence-corrected chi connectivity index (χ3v) is 7.15. The largest absolute Gasteiger partial charge is 0.369 e. The molecule has 172 valence electrons. The number of aryl methyl sites for hydroxylation is 1. The van der Waals surface area contributed by atoms with E-state index in [1.54, 1.807) is 12.3 Å². The van der Waals surface area contributed by atoms with Crippen LogP contribution in [0.4, 0.5) is 32.1 Å². The third kappa shape index (κ3) is 3.76. The number of anilines is 4. The van der Waals surface area contributed by atoms with Crippen LogP contribution in [0.15, 0.2) is 30.5 Å². The van der Waals surface area contributed by atoms with Gasteiger partial charge in [-0.15, -0.1) is 10.2 Å². The summed E-state index contributed by atoms with van der Waals surface area (Å²) in [5.74, 6) is 0.431. The van der Waals surface area contributed by atoms with Gasteiger partial charge in [-0.1, -0.05) is 11.6 Å². The molecule has 1 saturated carbocycles. The lowest BCUT2D eigenvalue weighted by Gasteiger charge is -2.39. The lowest BCUT2D eigenvalue weighted by atomic mass is 9.92. The number of rotatable bonds is 4. The first-order chi connectivity index (χ1) is 16.0. The Balaban J connectivity index is 1.21. The molecule has 8 nitrogen and oxygen atoms in total. The van der Waals surface area contributed by atoms with Crippen LogP contribution in [0.25, 0.3) is 0 Å². The van der Waals surface area contributed by atoms with E-state index in [-0.39, 0.29) is 6.04 Å². The van der Waals surface area contributed by atoms with E-state index in [2.05, 4.69) is 25.5 Å². The number of hydrogen-bond acceptors (Lipinski definition) is 7. The number of fused-ring (bicyclic) bond motifs is 3. The molecule has 3 atom stereocenters. The van der Waals surface area contributed by atoms with Gasteiger partial charge in [-0.3, -0.25) is 0 Å². The van der Waals surface area contributed by atoms with Gasteiger partial charge in [0.05, 0.1) is 11.9 Å². The van der Waals surface area contributed by atoms with Crippen molar-refractivity contribution in [2.24, 2.45) is 11.8 Å². The molecule has 4 heterocycles. The molecule has 1 saturated heterocycles. The minimum Gasteiger partial charge on any atom is -0.369 e. The van der Waals surface area contributed by atoms with Gasteiger partial charge in [0.1, 0.15) is 0 Å². The molecule has 2 bridgehead atoms. The molecule has 33 heavy (non-hydrogen) atoms. The fourth-order valence-corrected chi connectivity index (χ4v) is 5.60. The van der Waals surface area contributed by atoms with Crippen LogP contribution < -0.4 is 15.1 Å². The highest BCUT2D eigenvalue weighted by atomic mass is 35.5. The maximum Gasteiger partial charge on any atom is 0.244 e. The van der Waals surface area contributed by atoms with Crippen molar-refractivity contribution in [3.63, 3.8) is 0 Å². The molecule has 2 aliphatic heterocycles. The molecule has 3 aliphatic rings. The molecule has 0 amide bonds. The average molecular weight is 473 g/mol. The molecule has 0 spiro atoms. The van der Waals surface area contributed by atoms with E-state index in [9.17, 15) is 8.78 Å². The fraction of sp³-hybridized carbons (Fsp3) is 0.455. The summed E-state index contributed by atoms with van der Waals surface area (Å²) in [7, 11) is 0. The maximum atomic E-state index is 13.8. The van der Waals surface area contributed by atoms with Crippen molar-refractivity contribution in [1.82, 2.24) is 25.0 Å². The van der Waals surface area contributed by atoms with Crippen LogP contribution in [0.5, 0.6) is 0 Å². The van der Waals surface area contributed by atoms with E-state index >= 15 is 0 Å². The molecule has 6 rings (SSSR count). The van der Waals surface area contributed by atoms with Crippen molar-refractivity contribution in [3.05, 3.63) is 47.2 Å². The summed E-state index contributed by atoms with van der Waals surface area (Å²) in [4.78, 5) is 8.96. The molecule has 3 aromatic rings. The van der Waals surface area contributed by atoms with Gasteiger partial charge in [0, 0.05) is 50.0 Å². The first-order valence-electron chi connectivity index (χ1n) is 11.2. The fourth-order valence-electron chi connectivity index (χ4n) is 5.44. The Morgan fingerprint density at radius 2 is 1.82 bits per heavy atom. The zero-order valence-electron chi connectivity index (χ0n) is 17.8. The Morgan fingerprint density at radius 1 is 1.00 bits per heavy atom. The summed E-state index contributed by atoms with van der Waals surface area (Å²) in [6.07, 6.45) is 4.89. The second-order valence-corrected chi connectivity index (χ2v) is 9.36. The van der Waals surface area contributed by atoms with Gasteiger partial charge < -0.3 is 15.1 Å². The minimum atomic E-state index is -0.864. The van der Waals surface area contributed by atoms with Gasteiger partial charge >= 0.3 is 0 Å². The predicted octanol–water partition coefficient (Wildman–Crippen LogP) is 3.87. The highest BCUT2D eigenvalue weighted by Gasteiger charge is 2.43. The standard InChI is InChI=1S/C22H23ClF2N8/c23-19-9-16(10-26-29-19)31-11-13-2-3-14(12-31)20(13)27-21-28-22-32(6-1-7-33(22)30-21)15-4-5-17(24)18(25)8-15/h4-5,8-10,13-14,20H,1-3,6-7,11-12H2,(H,27,30)/t13-,14?,20-/m0/s1. The topological polar surface area (TPSA) is 75.0 Å². The summed E-state index contributed by atoms with van der Waals surface area (Å²) in [6.45, 7) is 3.23. The number of hydrogen-bond donors (Lipinski definition) is 1. The van der Waals surface area contributed by atoms with Crippen LogP contribution in [-0.2, 0) is 6.54 Å². The van der Waals surface area contributed by atoms with Crippen LogP contribution >= 0.6 is 11.6 Å². The number of piperidine rings is 1. The molecule has 0 radical (unpaired) electrons. The third-order valence-electron chi connectivity index (χ3n) is 6.97. The number of nitrogens with one attached hydrogen (secondary N) is 1. The van der Waals surface area contributed by atoms with Gasteiger partial charge in [-0.05, 0) is 43.2 Å². The summed E-state index contributed by atoms with van der Waals surface area (Å²) < 4.78 is 29.1. The Bertz CT molecular complexity index is 1170. The van der Waals surface area contributed by atoms with Crippen LogP contribution in [0.2, 0.25) is 5.15 Å². The molecular weight excluding hydrogens is 450 g/mol. The first-order valence-corrected chi connectivity index (χ1v) is 11.6. The zero-order valence-corrected chi connectivity index (χ0v) is 18.6. The number of nitrogens with zero attached hydrogens (tertiary/aromatic N) is 7. The maximum absolute atomic E-state index is 13.8. The van der Waals surface area contributed by atoms with Gasteiger partial charge in [-0.25, -0.2) is 13.5 Å². The number of halogens is 3. The summed E-state index contributed by atoms with van der Waals surface area (Å²) in [5.41, 5.74) is 1.58. The van der Waals surface area contributed by atoms with E-state index in [0.29, 0.717) is 41.1 Å². The number of aromatic nitrogens is 5. The summed E-state index contributed by atoms with van der Waals surface area (Å²) >= 11 is 6.04. The van der Waals surface area contributed by atoms with E-state index in [1.807, 2.05) is 15.6 Å². The quantitative estimate of drug-likeness (QED) is 0.617. The van der Waals surface area contributed by atoms with Gasteiger partial charge in [-0.2, -0.15) is 10.1 Å². The SMILES string of the molecule is Fc1ccc(N2CCCn3nc(N[C@@H]4C5CC[C@H]4CN(c4cnnc(Cl)c4)C5)nc32)cc1F. The lowest BCUT2D eigenvalue weighted by molar-refractivity contribution is 0.376. The second kappa shape index (κ2) is 8.09. The minimum absolute atomic E-state index is 0.285. The molecule has 1 aromatic carbocycles. The van der Waals surface area contributed by atoms with E-state index in [0.717, 1.165) is 50.7 Å². The second-order valence-electron chi connectivity index (χ2n) is 8.97. The van der Waals surface area contributed by atoms with Crippen molar-refractivity contribution >= 4 is 34.9 Å². The van der Waals surface area contributed by atoms with Crippen LogP contribution in [-0.4, -0.2) is 50.6 Å². The molecule has 11 heteroatoms. The Kier molecular flexibility index (Phi) is 5.05. The first kappa shape index (κ1) is 20.6. The smallest absolute Gasteiger partial charge is 0.244 e. The summed E-state index contributed by atoms with van der Waals surface area (Å²) in [5, 5.41) is 16.5. The summed E-state index contributed by atoms with van der Waals surface area (Å²) in [6, 6.07) is 6.08. The molecule has 2 fully saturated rings. The van der Waals surface area contributed by atoms with Crippen molar-refractivity contribution in [1.29, 1.82) is 0 Å². The Labute approximate surface area is 194 Å². The van der Waals surface area contributed by atoms with E-state index in [1.165, 1.54) is 6.07 Å². The number of benzene rings is 1. The van der Waals surface area contributed by atoms with Crippen LogP contribution in [0, 0.1) is 23.5 Å². The van der Waals surface area contributed by atoms with Crippen molar-refractivity contribution in [2.75, 3.05) is 34.8 Å². The Hall–Kier alpha value is -3.01. The predicted molar refractivity (Wildman–Crippen MR) is 121 cm³/mol. The van der Waals surface area contributed by atoms with Crippen LogP contribution in [0.3, 0.4) is 0 Å². The van der Waals surface area contributed by atoms with E-state index in [4.69, 9.17) is 16.6 Å². The van der Waals surface area contributed by atoms with Crippen LogP contribution in [0.1, 0.15) is 19.3 Å². The molecule has 1 unspecified atom stereocenters. The molecule has 1 aliphatic carbocycles. The van der Waals surface area contributed by atoms with E-state index < -0.39 is 11.6 Å². The van der Waals surface area contributed by atoms with Crippen molar-refractivity contribution < 1.29 is 8.78 Å². The Morgan fingerprint density at radius 3 is 2.58 bits per heavy atom. The zero-order chi connectivity index (χ0) is 22.5. The van der Waals surface area contributed by atoms with Gasteiger partial charge in [0.15, 0.2) is 16.8 Å². The normalized spacial score (nSPS) is 24.2. The molecular formula is C22H23ClF2N8. The molecule has 1 N–H and O–H groups in total. The van der Waals surface area contributed by atoms with Gasteiger partial charge in [0.2, 0.25) is 11.9 Å². The lowest BCUT2D eigenvalue weighted by Crippen LogP contribution is -2.48. The monoisotopic (exact) mass is 472 g/mol. The average Bonchev–Trinajstić information content (AvgIpc) is 3.31. The van der Waals surface area contributed by atoms with Gasteiger partial charge in [0.25, 0.3) is 0 Å². The molecule has 2 aromatic heterocycles. The van der Waals surface area contributed by atoms with Crippen molar-refractivity contribution in [2.45, 2.75) is 31.8 Å². The highest BCUT2D eigenvalue weighted by Crippen LogP contribution is 2.40.